The van der Waals surface area contributed by atoms with Gasteiger partial charge in [0.05, 0.1) is 13.0 Å². The van der Waals surface area contributed by atoms with Gasteiger partial charge in [0.1, 0.15) is 5.75 Å². The number of ether oxygens (including phenoxy) is 1. The minimum Gasteiger partial charge on any atom is -0.497 e. The molecule has 1 fully saturated rings. The molecule has 7 heteroatoms. The van der Waals surface area contributed by atoms with E-state index in [1.807, 2.05) is 24.3 Å². The molecule has 2 heterocycles. The van der Waals surface area contributed by atoms with Crippen LogP contribution in [-0.2, 0) is 4.79 Å². The van der Waals surface area contributed by atoms with Crippen LogP contribution in [0, 0.1) is 5.92 Å². The summed E-state index contributed by atoms with van der Waals surface area (Å²) in [6.07, 6.45) is 0.593. The monoisotopic (exact) mass is 289 g/mol. The zero-order valence-corrected chi connectivity index (χ0v) is 11.5. The van der Waals surface area contributed by atoms with Crippen molar-refractivity contribution in [3.8, 4) is 17.1 Å². The Morgan fingerprint density at radius 3 is 2.81 bits per heavy atom. The van der Waals surface area contributed by atoms with Gasteiger partial charge in [0.2, 0.25) is 5.82 Å². The van der Waals surface area contributed by atoms with Crippen LogP contribution >= 0.6 is 0 Å². The number of carboxylic acid groups (broad SMARTS) is 1. The van der Waals surface area contributed by atoms with Crippen LogP contribution in [0.3, 0.4) is 0 Å². The largest absolute Gasteiger partial charge is 0.497 e. The van der Waals surface area contributed by atoms with Gasteiger partial charge in [-0.25, -0.2) is 0 Å². The zero-order chi connectivity index (χ0) is 14.8. The first-order valence-corrected chi connectivity index (χ1v) is 6.63. The van der Waals surface area contributed by atoms with Crippen LogP contribution in [0.4, 0.5) is 6.01 Å². The third-order valence-corrected chi connectivity index (χ3v) is 3.57. The first-order chi connectivity index (χ1) is 10.2. The van der Waals surface area contributed by atoms with Crippen LogP contribution in [0.1, 0.15) is 6.42 Å². The number of hydrogen-bond acceptors (Lipinski definition) is 6. The van der Waals surface area contributed by atoms with E-state index in [1.54, 1.807) is 12.0 Å². The molecule has 1 atom stereocenters. The Morgan fingerprint density at radius 1 is 1.43 bits per heavy atom. The van der Waals surface area contributed by atoms with E-state index >= 15 is 0 Å². The van der Waals surface area contributed by atoms with Crippen molar-refractivity contribution in [3.05, 3.63) is 24.3 Å². The second kappa shape index (κ2) is 5.43. The molecule has 7 nitrogen and oxygen atoms in total. The van der Waals surface area contributed by atoms with Crippen molar-refractivity contribution in [3.63, 3.8) is 0 Å². The normalized spacial score (nSPS) is 18.0. The molecule has 0 bridgehead atoms. The summed E-state index contributed by atoms with van der Waals surface area (Å²) in [5, 5.41) is 12.9. The number of aromatic nitrogens is 2. The summed E-state index contributed by atoms with van der Waals surface area (Å²) in [7, 11) is 1.60. The highest BCUT2D eigenvalue weighted by Crippen LogP contribution is 2.26. The molecule has 0 aliphatic carbocycles. The summed E-state index contributed by atoms with van der Waals surface area (Å²) >= 11 is 0. The molecule has 3 rings (SSSR count). The van der Waals surface area contributed by atoms with Gasteiger partial charge in [-0.1, -0.05) is 5.16 Å². The highest BCUT2D eigenvalue weighted by molar-refractivity contribution is 5.71. The van der Waals surface area contributed by atoms with E-state index in [9.17, 15) is 4.79 Å². The number of nitrogens with zero attached hydrogens (tertiary/aromatic N) is 3. The van der Waals surface area contributed by atoms with Crippen molar-refractivity contribution >= 4 is 12.0 Å². The maximum absolute atomic E-state index is 11.0. The van der Waals surface area contributed by atoms with E-state index in [0.29, 0.717) is 31.3 Å². The molecule has 1 unspecified atom stereocenters. The lowest BCUT2D eigenvalue weighted by Gasteiger charge is -2.10. The average molecular weight is 289 g/mol. The van der Waals surface area contributed by atoms with E-state index in [1.165, 1.54) is 0 Å². The molecule has 0 spiro atoms. The van der Waals surface area contributed by atoms with Gasteiger partial charge in [0.15, 0.2) is 0 Å². The average Bonchev–Trinajstić information content (AvgIpc) is 3.16. The number of anilines is 1. The second-order valence-electron chi connectivity index (χ2n) is 4.90. The van der Waals surface area contributed by atoms with Crippen LogP contribution in [0.2, 0.25) is 0 Å². The SMILES string of the molecule is COc1ccc(-c2noc(N3CCC(C(=O)O)C3)n2)cc1. The molecule has 1 N–H and O–H groups in total. The lowest BCUT2D eigenvalue weighted by atomic mass is 10.1. The van der Waals surface area contributed by atoms with E-state index < -0.39 is 5.97 Å². The Labute approximate surface area is 121 Å². The molecule has 1 aromatic carbocycles. The number of hydrogen-bond donors (Lipinski definition) is 1. The summed E-state index contributed by atoms with van der Waals surface area (Å²) in [5.41, 5.74) is 0.819. The van der Waals surface area contributed by atoms with Gasteiger partial charge >= 0.3 is 12.0 Å². The van der Waals surface area contributed by atoms with Crippen molar-refractivity contribution in [1.29, 1.82) is 0 Å². The molecule has 0 saturated carbocycles. The molecule has 0 radical (unpaired) electrons. The molecule has 110 valence electrons. The molecule has 21 heavy (non-hydrogen) atoms. The summed E-state index contributed by atoms with van der Waals surface area (Å²) in [5.74, 6) is 0.0754. The van der Waals surface area contributed by atoms with Crippen LogP contribution in [0.5, 0.6) is 5.75 Å². The molecular formula is C14H15N3O4. The predicted molar refractivity (Wildman–Crippen MR) is 74.2 cm³/mol. The number of carboxylic acids is 1. The fourth-order valence-electron chi connectivity index (χ4n) is 2.34. The summed E-state index contributed by atoms with van der Waals surface area (Å²) in [4.78, 5) is 17.1. The number of methoxy groups -OCH3 is 1. The van der Waals surface area contributed by atoms with E-state index in [0.717, 1.165) is 11.3 Å². The summed E-state index contributed by atoms with van der Waals surface area (Å²) < 4.78 is 10.3. The molecule has 1 aromatic heterocycles. The predicted octanol–water partition coefficient (Wildman–Crippen LogP) is 1.66. The minimum absolute atomic E-state index is 0.365. The van der Waals surface area contributed by atoms with Crippen molar-refractivity contribution in [1.82, 2.24) is 10.1 Å². The fraction of sp³-hybridized carbons (Fsp3) is 0.357. The Balaban J connectivity index is 1.75. The van der Waals surface area contributed by atoms with Gasteiger partial charge in [-0.05, 0) is 30.7 Å². The molecule has 1 aliphatic rings. The Kier molecular flexibility index (Phi) is 3.47. The molecule has 2 aromatic rings. The van der Waals surface area contributed by atoms with Gasteiger partial charge < -0.3 is 19.3 Å². The van der Waals surface area contributed by atoms with Gasteiger partial charge in [0, 0.05) is 18.7 Å². The smallest absolute Gasteiger partial charge is 0.324 e. The van der Waals surface area contributed by atoms with Crippen LogP contribution < -0.4 is 9.64 Å². The topological polar surface area (TPSA) is 88.7 Å². The molecule has 0 amide bonds. The standard InChI is InChI=1S/C14H15N3O4/c1-20-11-4-2-9(3-5-11)12-15-14(21-16-12)17-7-6-10(8-17)13(18)19/h2-5,10H,6-8H2,1H3,(H,18,19). The van der Waals surface area contributed by atoms with E-state index in [-0.39, 0.29) is 5.92 Å². The molecular weight excluding hydrogens is 274 g/mol. The van der Waals surface area contributed by atoms with Gasteiger partial charge in [-0.15, -0.1) is 0 Å². The maximum Gasteiger partial charge on any atom is 0.324 e. The lowest BCUT2D eigenvalue weighted by molar-refractivity contribution is -0.140. The Morgan fingerprint density at radius 2 is 2.19 bits per heavy atom. The van der Waals surface area contributed by atoms with Crippen molar-refractivity contribution in [2.75, 3.05) is 25.1 Å². The van der Waals surface area contributed by atoms with Gasteiger partial charge in [-0.3, -0.25) is 4.79 Å². The number of benzene rings is 1. The van der Waals surface area contributed by atoms with Gasteiger partial charge in [-0.2, -0.15) is 4.98 Å². The number of rotatable bonds is 4. The highest BCUT2D eigenvalue weighted by atomic mass is 16.5. The van der Waals surface area contributed by atoms with E-state index in [4.69, 9.17) is 14.4 Å². The lowest BCUT2D eigenvalue weighted by Crippen LogP contribution is -2.22. The number of aliphatic carboxylic acids is 1. The van der Waals surface area contributed by atoms with Crippen molar-refractivity contribution in [2.24, 2.45) is 5.92 Å². The van der Waals surface area contributed by atoms with Crippen LogP contribution in [0.25, 0.3) is 11.4 Å². The minimum atomic E-state index is -0.785. The quantitative estimate of drug-likeness (QED) is 0.915. The molecule has 1 aliphatic heterocycles. The third kappa shape index (κ3) is 2.67. The van der Waals surface area contributed by atoms with Gasteiger partial charge in [0.25, 0.3) is 0 Å². The Hall–Kier alpha value is -2.57. The molecule has 1 saturated heterocycles. The fourth-order valence-corrected chi connectivity index (χ4v) is 2.34. The summed E-state index contributed by atoms with van der Waals surface area (Å²) in [6, 6.07) is 7.70. The van der Waals surface area contributed by atoms with Crippen molar-refractivity contribution in [2.45, 2.75) is 6.42 Å². The Bertz CT molecular complexity index is 638. The van der Waals surface area contributed by atoms with Crippen LogP contribution in [0.15, 0.2) is 28.8 Å². The zero-order valence-electron chi connectivity index (χ0n) is 11.5. The first kappa shape index (κ1) is 13.4. The summed E-state index contributed by atoms with van der Waals surface area (Å²) in [6.45, 7) is 1.01. The second-order valence-corrected chi connectivity index (χ2v) is 4.90. The number of carbonyl (C=O) groups is 1. The van der Waals surface area contributed by atoms with E-state index in [2.05, 4.69) is 10.1 Å². The third-order valence-electron chi connectivity index (χ3n) is 3.57. The first-order valence-electron chi connectivity index (χ1n) is 6.63. The maximum atomic E-state index is 11.0. The highest BCUT2D eigenvalue weighted by Gasteiger charge is 2.30. The van der Waals surface area contributed by atoms with Crippen molar-refractivity contribution < 1.29 is 19.2 Å². The van der Waals surface area contributed by atoms with Crippen LogP contribution in [-0.4, -0.2) is 41.4 Å².